The smallest absolute Gasteiger partial charge is 0.304 e. The van der Waals surface area contributed by atoms with E-state index >= 15 is 0 Å². The Labute approximate surface area is 158 Å². The van der Waals surface area contributed by atoms with Crippen LogP contribution in [0.25, 0.3) is 0 Å². The first-order valence-corrected chi connectivity index (χ1v) is 10.4. The predicted molar refractivity (Wildman–Crippen MR) is 95.2 cm³/mol. The Balaban J connectivity index is 2.13. The Morgan fingerprint density at radius 3 is 2.77 bits per heavy atom. The Bertz CT molecular complexity index is 979. The number of carboxylic acids is 1. The summed E-state index contributed by atoms with van der Waals surface area (Å²) in [5.41, 5.74) is 0.578. The number of sulfone groups is 1. The number of pyridine rings is 1. The number of rotatable bonds is 5. The quantitative estimate of drug-likeness (QED) is 0.759. The standard InChI is InChI=1S/C17H15BrFNO5S/c1-26(23,24)15-3-2-14(25-10-4-9(18)7-20-8-10)12-5-13(19)11(17(12)15)6-16(21)22/h2-4,7-8,11,13H,5-6H2,1H3,(H,21,22)/t11-,13-/m1/s1. The summed E-state index contributed by atoms with van der Waals surface area (Å²) in [6.07, 6.45) is 1.98. The van der Waals surface area contributed by atoms with Crippen molar-refractivity contribution in [3.63, 3.8) is 0 Å². The number of fused-ring (bicyclic) bond motifs is 1. The van der Waals surface area contributed by atoms with Gasteiger partial charge < -0.3 is 9.84 Å². The summed E-state index contributed by atoms with van der Waals surface area (Å²) in [7, 11) is -3.65. The van der Waals surface area contributed by atoms with Gasteiger partial charge in [0.05, 0.1) is 17.5 Å². The second-order valence-corrected chi connectivity index (χ2v) is 8.99. The summed E-state index contributed by atoms with van der Waals surface area (Å²) in [5, 5.41) is 9.09. The van der Waals surface area contributed by atoms with Crippen molar-refractivity contribution in [3.05, 3.63) is 46.2 Å². The number of benzene rings is 1. The molecule has 2 aromatic rings. The number of aromatic nitrogens is 1. The highest BCUT2D eigenvalue weighted by Gasteiger charge is 2.39. The molecule has 26 heavy (non-hydrogen) atoms. The van der Waals surface area contributed by atoms with Crippen molar-refractivity contribution < 1.29 is 27.4 Å². The van der Waals surface area contributed by atoms with Crippen LogP contribution in [0.1, 0.15) is 23.5 Å². The second kappa shape index (κ2) is 6.96. The van der Waals surface area contributed by atoms with E-state index in [9.17, 15) is 17.6 Å². The van der Waals surface area contributed by atoms with Gasteiger partial charge in [-0.15, -0.1) is 0 Å². The van der Waals surface area contributed by atoms with Crippen molar-refractivity contribution in [3.8, 4) is 11.5 Å². The number of hydrogen-bond acceptors (Lipinski definition) is 5. The third-order valence-corrected chi connectivity index (χ3v) is 5.77. The number of ether oxygens (including phenoxy) is 1. The van der Waals surface area contributed by atoms with Gasteiger partial charge in [0.2, 0.25) is 0 Å². The molecular weight excluding hydrogens is 429 g/mol. The van der Waals surface area contributed by atoms with Gasteiger partial charge in [-0.25, -0.2) is 12.8 Å². The average molecular weight is 444 g/mol. The number of halogens is 2. The summed E-state index contributed by atoms with van der Waals surface area (Å²) in [4.78, 5) is 15.0. The van der Waals surface area contributed by atoms with Crippen LogP contribution in [0.4, 0.5) is 4.39 Å². The molecule has 0 spiro atoms. The van der Waals surface area contributed by atoms with Gasteiger partial charge in [-0.05, 0) is 39.7 Å². The minimum atomic E-state index is -3.65. The number of aliphatic carboxylic acids is 1. The molecule has 1 aromatic carbocycles. The minimum Gasteiger partial charge on any atom is -0.481 e. The van der Waals surface area contributed by atoms with Crippen molar-refractivity contribution in [1.82, 2.24) is 4.98 Å². The fraction of sp³-hybridized carbons (Fsp3) is 0.294. The van der Waals surface area contributed by atoms with E-state index < -0.39 is 34.3 Å². The lowest BCUT2D eigenvalue weighted by Gasteiger charge is -2.16. The Hall–Kier alpha value is -2.00. The van der Waals surface area contributed by atoms with Crippen LogP contribution in [0.3, 0.4) is 0 Å². The Morgan fingerprint density at radius 2 is 2.15 bits per heavy atom. The molecule has 6 nitrogen and oxygen atoms in total. The lowest BCUT2D eigenvalue weighted by atomic mass is 9.96. The number of nitrogens with zero attached hydrogens (tertiary/aromatic N) is 1. The molecule has 1 aromatic heterocycles. The van der Waals surface area contributed by atoms with Crippen LogP contribution in [-0.4, -0.2) is 36.9 Å². The van der Waals surface area contributed by atoms with Crippen LogP contribution >= 0.6 is 15.9 Å². The zero-order chi connectivity index (χ0) is 19.1. The van der Waals surface area contributed by atoms with E-state index in [0.29, 0.717) is 21.5 Å². The maximum Gasteiger partial charge on any atom is 0.304 e. The first-order chi connectivity index (χ1) is 12.2. The van der Waals surface area contributed by atoms with E-state index in [4.69, 9.17) is 9.84 Å². The molecule has 0 bridgehead atoms. The molecule has 0 amide bonds. The highest BCUT2D eigenvalue weighted by Crippen LogP contribution is 2.46. The van der Waals surface area contributed by atoms with Crippen molar-refractivity contribution in [2.24, 2.45) is 0 Å². The fourth-order valence-corrected chi connectivity index (χ4v) is 4.50. The molecule has 0 aliphatic heterocycles. The van der Waals surface area contributed by atoms with E-state index in [2.05, 4.69) is 20.9 Å². The highest BCUT2D eigenvalue weighted by atomic mass is 79.9. The normalized spacial score (nSPS) is 19.2. The largest absolute Gasteiger partial charge is 0.481 e. The molecule has 1 N–H and O–H groups in total. The van der Waals surface area contributed by atoms with Crippen molar-refractivity contribution >= 4 is 31.7 Å². The summed E-state index contributed by atoms with van der Waals surface area (Å²) in [6.45, 7) is 0. The number of hydrogen-bond donors (Lipinski definition) is 1. The molecule has 9 heteroatoms. The Morgan fingerprint density at radius 1 is 1.42 bits per heavy atom. The van der Waals surface area contributed by atoms with Gasteiger partial charge in [0.15, 0.2) is 9.84 Å². The van der Waals surface area contributed by atoms with Gasteiger partial charge in [0, 0.05) is 34.8 Å². The van der Waals surface area contributed by atoms with Crippen LogP contribution in [0, 0.1) is 0 Å². The molecule has 1 aliphatic carbocycles. The number of carbonyl (C=O) groups is 1. The summed E-state index contributed by atoms with van der Waals surface area (Å²) in [6, 6.07) is 4.47. The van der Waals surface area contributed by atoms with E-state index in [0.717, 1.165) is 6.26 Å². The van der Waals surface area contributed by atoms with Crippen molar-refractivity contribution in [1.29, 1.82) is 0 Å². The molecule has 138 valence electrons. The van der Waals surface area contributed by atoms with Crippen LogP contribution in [-0.2, 0) is 21.1 Å². The number of carboxylic acid groups (broad SMARTS) is 1. The molecule has 3 rings (SSSR count). The first-order valence-electron chi connectivity index (χ1n) is 7.67. The van der Waals surface area contributed by atoms with Gasteiger partial charge >= 0.3 is 5.97 Å². The van der Waals surface area contributed by atoms with Crippen LogP contribution in [0.15, 0.2) is 40.0 Å². The summed E-state index contributed by atoms with van der Waals surface area (Å²) in [5.74, 6) is -1.53. The zero-order valence-corrected chi connectivity index (χ0v) is 16.0. The van der Waals surface area contributed by atoms with Crippen LogP contribution in [0.2, 0.25) is 0 Å². The van der Waals surface area contributed by atoms with E-state index in [1.165, 1.54) is 18.3 Å². The molecule has 0 saturated heterocycles. The molecule has 0 radical (unpaired) electrons. The van der Waals surface area contributed by atoms with Gasteiger partial charge in [0.1, 0.15) is 17.7 Å². The first kappa shape index (κ1) is 18.8. The van der Waals surface area contributed by atoms with Crippen LogP contribution < -0.4 is 4.74 Å². The molecule has 0 fully saturated rings. The maximum absolute atomic E-state index is 14.6. The van der Waals surface area contributed by atoms with Crippen molar-refractivity contribution in [2.75, 3.05) is 6.26 Å². The molecular formula is C17H15BrFNO5S. The lowest BCUT2D eigenvalue weighted by molar-refractivity contribution is -0.137. The van der Waals surface area contributed by atoms with Gasteiger partial charge in [-0.2, -0.15) is 0 Å². The topological polar surface area (TPSA) is 93.6 Å². The van der Waals surface area contributed by atoms with Crippen LogP contribution in [0.5, 0.6) is 11.5 Å². The van der Waals surface area contributed by atoms with E-state index in [-0.39, 0.29) is 16.9 Å². The summed E-state index contributed by atoms with van der Waals surface area (Å²) < 4.78 is 45.3. The monoisotopic (exact) mass is 443 g/mol. The molecule has 1 aliphatic rings. The molecule has 0 unspecified atom stereocenters. The van der Waals surface area contributed by atoms with E-state index in [1.807, 2.05) is 0 Å². The third-order valence-electron chi connectivity index (χ3n) is 4.18. The molecule has 0 saturated carbocycles. The zero-order valence-electron chi connectivity index (χ0n) is 13.6. The van der Waals surface area contributed by atoms with Gasteiger partial charge in [-0.1, -0.05) is 0 Å². The fourth-order valence-electron chi connectivity index (χ4n) is 3.17. The lowest BCUT2D eigenvalue weighted by Crippen LogP contribution is -2.15. The summed E-state index contributed by atoms with van der Waals surface area (Å²) >= 11 is 3.27. The Kier molecular flexibility index (Phi) is 5.03. The molecule has 1 heterocycles. The predicted octanol–water partition coefficient (Wildman–Crippen LogP) is 3.49. The van der Waals surface area contributed by atoms with Gasteiger partial charge in [0.25, 0.3) is 0 Å². The minimum absolute atomic E-state index is 0.0568. The van der Waals surface area contributed by atoms with E-state index in [1.54, 1.807) is 12.3 Å². The second-order valence-electron chi connectivity index (χ2n) is 6.09. The average Bonchev–Trinajstić information content (AvgIpc) is 2.83. The highest BCUT2D eigenvalue weighted by molar-refractivity contribution is 9.10. The SMILES string of the molecule is CS(=O)(=O)c1ccc(Oc2cncc(Br)c2)c2c1[C@H](CC(=O)O)[C@H](F)C2. The maximum atomic E-state index is 14.6. The molecule has 2 atom stereocenters. The van der Waals surface area contributed by atoms with Crippen molar-refractivity contribution in [2.45, 2.75) is 29.8 Å². The third kappa shape index (κ3) is 3.73. The number of alkyl halides is 1. The van der Waals surface area contributed by atoms with Gasteiger partial charge in [-0.3, -0.25) is 9.78 Å².